The third-order valence-electron chi connectivity index (χ3n) is 13.0. The average molecular weight is 771 g/mol. The molecule has 2 bridgehead atoms. The van der Waals surface area contributed by atoms with Crippen LogP contribution < -0.4 is 20.7 Å². The zero-order valence-corrected chi connectivity index (χ0v) is 33.7. The van der Waals surface area contributed by atoms with Crippen molar-refractivity contribution in [2.75, 3.05) is 0 Å². The third-order valence-corrected chi connectivity index (χ3v) is 19.0. The maximum atomic E-state index is 2.49. The molecule has 0 fully saturated rings. The third kappa shape index (κ3) is 4.86. The van der Waals surface area contributed by atoms with Crippen LogP contribution in [0.25, 0.3) is 42.4 Å². The van der Waals surface area contributed by atoms with Crippen LogP contribution in [0.1, 0.15) is 45.2 Å². The molecule has 2 heteroatoms. The van der Waals surface area contributed by atoms with Gasteiger partial charge in [0.2, 0.25) is 0 Å². The van der Waals surface area contributed by atoms with Gasteiger partial charge in [0.15, 0.2) is 8.07 Å². The van der Waals surface area contributed by atoms with E-state index >= 15 is 0 Å². The van der Waals surface area contributed by atoms with Crippen molar-refractivity contribution in [2.24, 2.45) is 0 Å². The molecule has 0 saturated heterocycles. The Bertz CT molecular complexity index is 3080. The molecule has 0 N–H and O–H groups in total. The van der Waals surface area contributed by atoms with Gasteiger partial charge >= 0.3 is 0 Å². The van der Waals surface area contributed by atoms with E-state index in [0.29, 0.717) is 0 Å². The summed E-state index contributed by atoms with van der Waals surface area (Å²) in [6.07, 6.45) is 0. The van der Waals surface area contributed by atoms with Crippen LogP contribution in [0.3, 0.4) is 0 Å². The lowest BCUT2D eigenvalue weighted by Gasteiger charge is -2.47. The summed E-state index contributed by atoms with van der Waals surface area (Å²) in [7, 11) is -2.84. The quantitative estimate of drug-likeness (QED) is 0.117. The lowest BCUT2D eigenvalue weighted by atomic mass is 9.60. The molecule has 272 valence electrons. The van der Waals surface area contributed by atoms with Crippen LogP contribution in [-0.2, 0) is 0 Å². The molecule has 0 radical (unpaired) electrons. The molecule has 13 rings (SSSR count). The summed E-state index contributed by atoms with van der Waals surface area (Å²) >= 11 is 1.89. The number of rotatable bonds is 6. The van der Waals surface area contributed by atoms with E-state index in [0.717, 1.165) is 0 Å². The predicted octanol–water partition coefficient (Wildman–Crippen LogP) is 11.8. The maximum absolute atomic E-state index is 2.84. The molecule has 58 heavy (non-hydrogen) atoms. The topological polar surface area (TPSA) is 0 Å². The summed E-state index contributed by atoms with van der Waals surface area (Å²) in [5.41, 5.74) is 13.8. The van der Waals surface area contributed by atoms with Crippen LogP contribution >= 0.6 is 11.3 Å². The largest absolute Gasteiger partial charge is 0.179 e. The Balaban J connectivity index is 1.10. The monoisotopic (exact) mass is 770 g/mol. The first-order chi connectivity index (χ1) is 28.8. The summed E-state index contributed by atoms with van der Waals surface area (Å²) in [4.78, 5) is 0. The minimum atomic E-state index is -2.84. The predicted molar refractivity (Wildman–Crippen MR) is 249 cm³/mol. The van der Waals surface area contributed by atoms with Crippen LogP contribution in [0.15, 0.2) is 218 Å². The molecule has 0 saturated carbocycles. The van der Waals surface area contributed by atoms with Crippen molar-refractivity contribution in [3.8, 4) is 22.3 Å². The highest BCUT2D eigenvalue weighted by atomic mass is 32.1. The number of fused-ring (bicyclic) bond motifs is 3. The summed E-state index contributed by atoms with van der Waals surface area (Å²) in [5, 5.41) is 8.39. The van der Waals surface area contributed by atoms with Gasteiger partial charge < -0.3 is 0 Å². The van der Waals surface area contributed by atoms with Gasteiger partial charge in [-0.3, -0.25) is 0 Å². The fourth-order valence-electron chi connectivity index (χ4n) is 10.7. The highest BCUT2D eigenvalue weighted by Crippen LogP contribution is 2.57. The zero-order valence-electron chi connectivity index (χ0n) is 31.8. The smallest absolute Gasteiger partial charge is 0.135 e. The summed E-state index contributed by atoms with van der Waals surface area (Å²) < 4.78 is 2.68. The van der Waals surface area contributed by atoms with Crippen molar-refractivity contribution in [1.82, 2.24) is 0 Å². The molecule has 2 atom stereocenters. The Hall–Kier alpha value is -6.58. The minimum absolute atomic E-state index is 0.0835. The molecule has 3 aliphatic rings. The molecule has 2 unspecified atom stereocenters. The van der Waals surface area contributed by atoms with E-state index in [9.17, 15) is 0 Å². The molecule has 0 spiro atoms. The van der Waals surface area contributed by atoms with Crippen LogP contribution in [0.2, 0.25) is 0 Å². The number of benzene rings is 9. The molecular weight excluding hydrogens is 733 g/mol. The normalized spacial score (nSPS) is 15.2. The lowest BCUT2D eigenvalue weighted by molar-refractivity contribution is 0.760. The van der Waals surface area contributed by atoms with E-state index in [1.54, 1.807) is 0 Å². The van der Waals surface area contributed by atoms with Gasteiger partial charge in [0, 0.05) is 32.0 Å². The van der Waals surface area contributed by atoms with E-state index in [-0.39, 0.29) is 11.8 Å². The fraction of sp³-hybridized carbons (Fsp3) is 0.0357. The van der Waals surface area contributed by atoms with Crippen LogP contribution in [-0.4, -0.2) is 8.07 Å². The second-order valence-electron chi connectivity index (χ2n) is 15.8. The second-order valence-corrected chi connectivity index (χ2v) is 20.7. The van der Waals surface area contributed by atoms with E-state index in [2.05, 4.69) is 218 Å². The number of thiophene rings is 1. The molecule has 1 heterocycles. The lowest BCUT2D eigenvalue weighted by Crippen LogP contribution is -2.75. The van der Waals surface area contributed by atoms with Crippen molar-refractivity contribution < 1.29 is 0 Å². The number of hydrogen-bond donors (Lipinski definition) is 0. The standard InChI is InChI=1S/C56H38SSi/c1-4-19-40(20-5-1)58(41-21-6-2-7-22-41,42-23-8-3-9-24-42)52-32-16-30-49-53-46-26-10-11-27-47(46)56(55(49)52)54-43(28-15-29-48(53)54)39-18-14-17-37(35-39)38-33-34-45-44-25-12-13-31-50(44)57-51(45)36-38/h1-36,53,56H. The Morgan fingerprint density at radius 2 is 0.845 bits per heavy atom. The zero-order chi connectivity index (χ0) is 38.2. The van der Waals surface area contributed by atoms with E-state index in [1.165, 1.54) is 96.6 Å². The van der Waals surface area contributed by atoms with Gasteiger partial charge in [-0.15, -0.1) is 11.3 Å². The van der Waals surface area contributed by atoms with Crippen molar-refractivity contribution in [2.45, 2.75) is 11.8 Å². The molecular formula is C56H38SSi. The first-order valence-electron chi connectivity index (χ1n) is 20.3. The van der Waals surface area contributed by atoms with Gasteiger partial charge in [-0.05, 0) is 94.6 Å². The first kappa shape index (κ1) is 33.5. The van der Waals surface area contributed by atoms with Crippen LogP contribution in [0, 0.1) is 0 Å². The molecule has 3 aliphatic carbocycles. The first-order valence-corrected chi connectivity index (χ1v) is 23.1. The minimum Gasteiger partial charge on any atom is -0.135 e. The van der Waals surface area contributed by atoms with Gasteiger partial charge in [0.05, 0.1) is 0 Å². The van der Waals surface area contributed by atoms with Gasteiger partial charge in [-0.1, -0.05) is 200 Å². The second kappa shape index (κ2) is 13.2. The molecule has 0 aliphatic heterocycles. The van der Waals surface area contributed by atoms with Crippen LogP contribution in [0.4, 0.5) is 0 Å². The average Bonchev–Trinajstić information content (AvgIpc) is 3.68. The van der Waals surface area contributed by atoms with Crippen molar-refractivity contribution in [3.05, 3.63) is 252 Å². The maximum Gasteiger partial charge on any atom is 0.179 e. The van der Waals surface area contributed by atoms with Gasteiger partial charge in [-0.25, -0.2) is 0 Å². The number of hydrogen-bond acceptors (Lipinski definition) is 1. The molecule has 1 aromatic heterocycles. The van der Waals surface area contributed by atoms with Crippen molar-refractivity contribution in [1.29, 1.82) is 0 Å². The molecule has 9 aromatic carbocycles. The van der Waals surface area contributed by atoms with Crippen molar-refractivity contribution in [3.63, 3.8) is 0 Å². The fourth-order valence-corrected chi connectivity index (χ4v) is 16.9. The SMILES string of the molecule is c1ccc([Si](c2ccccc2)(c2ccccc2)c2cccc3c2C2c4ccccc4C3c3cccc(-c4cccc(-c5ccc6c(c5)sc5ccccc56)c4)c32)cc1. The Kier molecular flexibility index (Phi) is 7.66. The molecule has 10 aromatic rings. The van der Waals surface area contributed by atoms with E-state index in [4.69, 9.17) is 0 Å². The summed E-state index contributed by atoms with van der Waals surface area (Å²) in [5.74, 6) is 0.235. The Morgan fingerprint density at radius 1 is 0.328 bits per heavy atom. The summed E-state index contributed by atoms with van der Waals surface area (Å²) in [6, 6.07) is 83.0. The molecule has 0 nitrogen and oxygen atoms in total. The van der Waals surface area contributed by atoms with E-state index in [1.807, 2.05) is 11.3 Å². The van der Waals surface area contributed by atoms with Gasteiger partial charge in [0.1, 0.15) is 0 Å². The Labute approximate surface area is 344 Å². The molecule has 0 amide bonds. The van der Waals surface area contributed by atoms with Crippen LogP contribution in [0.5, 0.6) is 0 Å². The Morgan fingerprint density at radius 3 is 1.55 bits per heavy atom. The highest BCUT2D eigenvalue weighted by molar-refractivity contribution is 7.25. The van der Waals surface area contributed by atoms with Gasteiger partial charge in [0.25, 0.3) is 0 Å². The summed E-state index contributed by atoms with van der Waals surface area (Å²) in [6.45, 7) is 0. The van der Waals surface area contributed by atoms with E-state index < -0.39 is 8.07 Å². The van der Waals surface area contributed by atoms with Gasteiger partial charge in [-0.2, -0.15) is 0 Å². The van der Waals surface area contributed by atoms with Crippen molar-refractivity contribution >= 4 is 60.3 Å². The highest BCUT2D eigenvalue weighted by Gasteiger charge is 2.49.